The Morgan fingerprint density at radius 1 is 1.23 bits per heavy atom. The molecule has 0 bridgehead atoms. The van der Waals surface area contributed by atoms with Gasteiger partial charge in [-0.2, -0.15) is 0 Å². The van der Waals surface area contributed by atoms with Crippen LogP contribution < -0.4 is 5.73 Å². The van der Waals surface area contributed by atoms with Crippen LogP contribution in [0.25, 0.3) is 0 Å². The first-order chi connectivity index (χ1) is 12.2. The predicted molar refractivity (Wildman–Crippen MR) is 100 cm³/mol. The third kappa shape index (κ3) is 3.93. The summed E-state index contributed by atoms with van der Waals surface area (Å²) in [6.07, 6.45) is 4.45. The number of esters is 1. The molecule has 0 aromatic heterocycles. The molecule has 0 unspecified atom stereocenters. The minimum Gasteiger partial charge on any atom is -0.458 e. The molecule has 142 valence electrons. The summed E-state index contributed by atoms with van der Waals surface area (Å²) in [5, 5.41) is 0. The molecule has 1 amide bonds. The third-order valence-electron chi connectivity index (χ3n) is 5.36. The summed E-state index contributed by atoms with van der Waals surface area (Å²) >= 11 is 0. The number of carbonyl (C=O) groups excluding carboxylic acids is 2. The third-order valence-corrected chi connectivity index (χ3v) is 5.36. The lowest BCUT2D eigenvalue weighted by molar-refractivity contribution is -0.165. The monoisotopic (exact) mass is 358 g/mol. The first-order valence-electron chi connectivity index (χ1n) is 9.58. The molecule has 2 N–H and O–H groups in total. The van der Waals surface area contributed by atoms with E-state index in [4.69, 9.17) is 10.5 Å². The first-order valence-corrected chi connectivity index (χ1v) is 9.58. The number of hydrogen-bond donors (Lipinski definition) is 1. The summed E-state index contributed by atoms with van der Waals surface area (Å²) in [6, 6.07) is 9.46. The zero-order valence-electron chi connectivity index (χ0n) is 16.0. The van der Waals surface area contributed by atoms with Gasteiger partial charge in [-0.15, -0.1) is 0 Å². The van der Waals surface area contributed by atoms with E-state index in [9.17, 15) is 9.59 Å². The van der Waals surface area contributed by atoms with Crippen LogP contribution in [0.15, 0.2) is 30.3 Å². The van der Waals surface area contributed by atoms with Crippen molar-refractivity contribution in [2.24, 2.45) is 5.73 Å². The summed E-state index contributed by atoms with van der Waals surface area (Å²) in [7, 11) is 0. The second kappa shape index (κ2) is 7.03. The summed E-state index contributed by atoms with van der Waals surface area (Å²) in [4.78, 5) is 27.9. The number of amides is 1. The van der Waals surface area contributed by atoms with Crippen LogP contribution in [0.4, 0.5) is 0 Å². The van der Waals surface area contributed by atoms with Crippen molar-refractivity contribution in [3.8, 4) is 0 Å². The van der Waals surface area contributed by atoms with Gasteiger partial charge in [0.05, 0.1) is 5.54 Å². The Balaban J connectivity index is 1.84. The van der Waals surface area contributed by atoms with Gasteiger partial charge >= 0.3 is 5.97 Å². The number of rotatable bonds is 3. The number of benzene rings is 1. The molecule has 0 saturated carbocycles. The number of nitrogens with two attached hydrogens (primary N) is 1. The topological polar surface area (TPSA) is 72.6 Å². The summed E-state index contributed by atoms with van der Waals surface area (Å²) in [5.41, 5.74) is 6.17. The van der Waals surface area contributed by atoms with Crippen molar-refractivity contribution in [2.75, 3.05) is 0 Å². The van der Waals surface area contributed by atoms with Crippen molar-refractivity contribution >= 4 is 11.9 Å². The predicted octanol–water partition coefficient (Wildman–Crippen LogP) is 2.81. The highest BCUT2D eigenvalue weighted by Crippen LogP contribution is 2.36. The minimum absolute atomic E-state index is 0.0983. The molecule has 3 rings (SSSR count). The molecule has 2 aliphatic heterocycles. The van der Waals surface area contributed by atoms with Crippen LogP contribution in [0, 0.1) is 0 Å². The molecule has 5 heteroatoms. The van der Waals surface area contributed by atoms with E-state index in [1.807, 2.05) is 51.1 Å². The lowest BCUT2D eigenvalue weighted by atomic mass is 9.86. The smallest absolute Gasteiger partial charge is 0.329 e. The average molecular weight is 358 g/mol. The maximum absolute atomic E-state index is 13.4. The highest BCUT2D eigenvalue weighted by atomic mass is 16.6. The van der Waals surface area contributed by atoms with Crippen LogP contribution >= 0.6 is 0 Å². The van der Waals surface area contributed by atoms with E-state index in [0.29, 0.717) is 19.3 Å². The van der Waals surface area contributed by atoms with Crippen molar-refractivity contribution in [2.45, 2.75) is 82.5 Å². The summed E-state index contributed by atoms with van der Waals surface area (Å²) < 4.78 is 5.57. The molecule has 2 aliphatic rings. The number of nitrogens with zero attached hydrogens (tertiary/aromatic N) is 1. The zero-order valence-corrected chi connectivity index (χ0v) is 16.0. The van der Waals surface area contributed by atoms with Gasteiger partial charge in [-0.05, 0) is 64.9 Å². The highest BCUT2D eigenvalue weighted by molar-refractivity contribution is 5.92. The second-order valence-corrected chi connectivity index (χ2v) is 8.70. The Morgan fingerprint density at radius 2 is 1.92 bits per heavy atom. The maximum atomic E-state index is 13.4. The van der Waals surface area contributed by atoms with Crippen LogP contribution in [0.5, 0.6) is 0 Å². The zero-order chi connectivity index (χ0) is 18.9. The number of hydrogen-bond acceptors (Lipinski definition) is 4. The van der Waals surface area contributed by atoms with Crippen LogP contribution in [0.2, 0.25) is 0 Å². The standard InChI is InChI=1S/C21H30N2O3/c1-20(2,3)26-18(24)17-12-11-16-10-7-13-21(22,19(25)23(16)17)14-15-8-5-4-6-9-15/h4-6,8-9,16-17H,7,10-14,22H2,1-3H3/t16-,17-,21+/m0/s1. The van der Waals surface area contributed by atoms with Gasteiger partial charge < -0.3 is 15.4 Å². The molecule has 26 heavy (non-hydrogen) atoms. The molecule has 0 spiro atoms. The van der Waals surface area contributed by atoms with Gasteiger partial charge in [0.15, 0.2) is 0 Å². The van der Waals surface area contributed by atoms with Crippen LogP contribution in [0.3, 0.4) is 0 Å². The molecule has 3 atom stereocenters. The van der Waals surface area contributed by atoms with Crippen LogP contribution in [-0.2, 0) is 20.7 Å². The van der Waals surface area contributed by atoms with Crippen molar-refractivity contribution in [1.29, 1.82) is 0 Å². The van der Waals surface area contributed by atoms with Gasteiger partial charge in [0.2, 0.25) is 5.91 Å². The Labute approximate surface area is 155 Å². The van der Waals surface area contributed by atoms with E-state index in [1.165, 1.54) is 0 Å². The fourth-order valence-electron chi connectivity index (χ4n) is 4.22. The van der Waals surface area contributed by atoms with Gasteiger partial charge in [0.25, 0.3) is 0 Å². The van der Waals surface area contributed by atoms with E-state index in [1.54, 1.807) is 4.90 Å². The molecule has 0 radical (unpaired) electrons. The van der Waals surface area contributed by atoms with Crippen molar-refractivity contribution in [3.63, 3.8) is 0 Å². The molecular weight excluding hydrogens is 328 g/mol. The van der Waals surface area contributed by atoms with Gasteiger partial charge in [-0.25, -0.2) is 4.79 Å². The minimum atomic E-state index is -0.958. The van der Waals surface area contributed by atoms with Gasteiger partial charge in [-0.1, -0.05) is 30.3 Å². The molecule has 0 aliphatic carbocycles. The van der Waals surface area contributed by atoms with Gasteiger partial charge in [0.1, 0.15) is 11.6 Å². The molecule has 1 aromatic rings. The highest BCUT2D eigenvalue weighted by Gasteiger charge is 2.50. The van der Waals surface area contributed by atoms with Gasteiger partial charge in [-0.3, -0.25) is 4.79 Å². The Hall–Kier alpha value is -1.88. The molecule has 1 aromatic carbocycles. The molecule has 2 fully saturated rings. The van der Waals surface area contributed by atoms with Gasteiger partial charge in [0, 0.05) is 6.04 Å². The fourth-order valence-corrected chi connectivity index (χ4v) is 4.22. The summed E-state index contributed by atoms with van der Waals surface area (Å²) in [5.74, 6) is -0.408. The fraction of sp³-hybridized carbons (Fsp3) is 0.619. The lowest BCUT2D eigenvalue weighted by Gasteiger charge is -2.35. The Morgan fingerprint density at radius 3 is 2.58 bits per heavy atom. The Bertz CT molecular complexity index is 668. The van der Waals surface area contributed by atoms with Crippen LogP contribution in [-0.4, -0.2) is 40.0 Å². The molecule has 5 nitrogen and oxygen atoms in total. The molecule has 2 heterocycles. The van der Waals surface area contributed by atoms with Crippen LogP contribution in [0.1, 0.15) is 58.4 Å². The SMILES string of the molecule is CC(C)(C)OC(=O)[C@@H]1CC[C@@H]2CCC[C@@](N)(Cc3ccccc3)C(=O)N21. The first kappa shape index (κ1) is 18.9. The van der Waals surface area contributed by atoms with Crippen molar-refractivity contribution in [3.05, 3.63) is 35.9 Å². The lowest BCUT2D eigenvalue weighted by Crippen LogP contribution is -2.59. The normalized spacial score (nSPS) is 29.2. The van der Waals surface area contributed by atoms with E-state index in [-0.39, 0.29) is 17.9 Å². The summed E-state index contributed by atoms with van der Waals surface area (Å²) in [6.45, 7) is 5.55. The maximum Gasteiger partial charge on any atom is 0.329 e. The van der Waals surface area contributed by atoms with E-state index in [2.05, 4.69) is 0 Å². The largest absolute Gasteiger partial charge is 0.458 e. The second-order valence-electron chi connectivity index (χ2n) is 8.70. The number of fused-ring (bicyclic) bond motifs is 1. The molecular formula is C21H30N2O3. The Kier molecular flexibility index (Phi) is 5.11. The van der Waals surface area contributed by atoms with E-state index >= 15 is 0 Å². The number of carbonyl (C=O) groups is 2. The van der Waals surface area contributed by atoms with E-state index < -0.39 is 17.2 Å². The number of ether oxygens (including phenoxy) is 1. The quantitative estimate of drug-likeness (QED) is 0.843. The van der Waals surface area contributed by atoms with E-state index in [0.717, 1.165) is 24.8 Å². The molecule has 2 saturated heterocycles. The average Bonchev–Trinajstić information content (AvgIpc) is 2.92. The van der Waals surface area contributed by atoms with Crippen molar-refractivity contribution in [1.82, 2.24) is 4.90 Å². The van der Waals surface area contributed by atoms with Crippen molar-refractivity contribution < 1.29 is 14.3 Å².